The van der Waals surface area contributed by atoms with Crippen molar-refractivity contribution >= 4 is 5.69 Å². The minimum atomic E-state index is -0.546. The van der Waals surface area contributed by atoms with E-state index in [1.165, 1.54) is 16.8 Å². The van der Waals surface area contributed by atoms with Gasteiger partial charge in [0.25, 0.3) is 0 Å². The molecule has 1 unspecified atom stereocenters. The Kier molecular flexibility index (Phi) is 3.93. The number of anilines is 1. The normalized spacial score (nSPS) is 24.3. The molecule has 0 saturated carbocycles. The van der Waals surface area contributed by atoms with Gasteiger partial charge in [-0.3, -0.25) is 0 Å². The van der Waals surface area contributed by atoms with Gasteiger partial charge in [-0.15, -0.1) is 0 Å². The summed E-state index contributed by atoms with van der Waals surface area (Å²) in [7, 11) is 1.97. The van der Waals surface area contributed by atoms with Crippen LogP contribution in [-0.2, 0) is 6.54 Å². The first kappa shape index (κ1) is 13.4. The van der Waals surface area contributed by atoms with Crippen LogP contribution in [0.25, 0.3) is 0 Å². The summed E-state index contributed by atoms with van der Waals surface area (Å²) < 4.78 is 0. The van der Waals surface area contributed by atoms with Gasteiger partial charge in [0.15, 0.2) is 0 Å². The van der Waals surface area contributed by atoms with E-state index in [2.05, 4.69) is 35.3 Å². The van der Waals surface area contributed by atoms with Crippen molar-refractivity contribution in [3.63, 3.8) is 0 Å². The maximum atomic E-state index is 10.2. The van der Waals surface area contributed by atoms with Crippen molar-refractivity contribution in [1.29, 1.82) is 0 Å². The molecule has 1 aliphatic heterocycles. The second kappa shape index (κ2) is 5.29. The lowest BCUT2D eigenvalue weighted by Crippen LogP contribution is -2.46. The van der Waals surface area contributed by atoms with Crippen LogP contribution < -0.4 is 10.2 Å². The third-order valence-corrected chi connectivity index (χ3v) is 3.73. The average Bonchev–Trinajstić information content (AvgIpc) is 2.30. The molecule has 18 heavy (non-hydrogen) atoms. The first-order valence-electron chi connectivity index (χ1n) is 6.73. The van der Waals surface area contributed by atoms with Gasteiger partial charge in [0.05, 0.1) is 5.60 Å². The van der Waals surface area contributed by atoms with Gasteiger partial charge in [-0.1, -0.05) is 6.07 Å². The molecule has 3 heteroatoms. The largest absolute Gasteiger partial charge is 0.388 e. The van der Waals surface area contributed by atoms with Gasteiger partial charge in [0.2, 0.25) is 0 Å². The fourth-order valence-corrected chi connectivity index (χ4v) is 2.71. The number of hydrogen-bond donors (Lipinski definition) is 2. The molecule has 3 nitrogen and oxygen atoms in total. The van der Waals surface area contributed by atoms with Gasteiger partial charge in [-0.2, -0.15) is 0 Å². The highest BCUT2D eigenvalue weighted by Gasteiger charge is 2.28. The average molecular weight is 248 g/mol. The molecule has 1 aromatic rings. The summed E-state index contributed by atoms with van der Waals surface area (Å²) in [5, 5.41) is 13.3. The predicted octanol–water partition coefficient (Wildman–Crippen LogP) is 2.07. The highest BCUT2D eigenvalue weighted by molar-refractivity contribution is 5.51. The van der Waals surface area contributed by atoms with Crippen LogP contribution in [0.4, 0.5) is 5.69 Å². The van der Waals surface area contributed by atoms with Crippen molar-refractivity contribution < 1.29 is 5.11 Å². The number of β-amino-alcohol motifs (C(OH)–C–C–N with tert-alkyl or cyclic N) is 1. The molecule has 1 heterocycles. The Morgan fingerprint density at radius 2 is 2.22 bits per heavy atom. The van der Waals surface area contributed by atoms with Crippen molar-refractivity contribution in [2.24, 2.45) is 0 Å². The summed E-state index contributed by atoms with van der Waals surface area (Å²) in [4.78, 5) is 2.29. The minimum absolute atomic E-state index is 0.546. The van der Waals surface area contributed by atoms with E-state index in [4.69, 9.17) is 0 Å². The maximum absolute atomic E-state index is 10.2. The van der Waals surface area contributed by atoms with Crippen LogP contribution in [0.2, 0.25) is 0 Å². The van der Waals surface area contributed by atoms with E-state index in [1.807, 2.05) is 14.0 Å². The molecule has 0 spiro atoms. The number of nitrogens with one attached hydrogen (secondary N) is 1. The zero-order valence-corrected chi connectivity index (χ0v) is 11.7. The topological polar surface area (TPSA) is 35.5 Å². The van der Waals surface area contributed by atoms with E-state index in [-0.39, 0.29) is 0 Å². The molecule has 1 aromatic carbocycles. The molecular formula is C15H24N2O. The summed E-state index contributed by atoms with van der Waals surface area (Å²) in [5.74, 6) is 0. The fourth-order valence-electron chi connectivity index (χ4n) is 2.71. The molecule has 2 rings (SSSR count). The molecule has 0 radical (unpaired) electrons. The van der Waals surface area contributed by atoms with Crippen LogP contribution in [0.3, 0.4) is 0 Å². The van der Waals surface area contributed by atoms with Crippen LogP contribution in [0.1, 0.15) is 30.9 Å². The number of benzene rings is 1. The number of hydrogen-bond acceptors (Lipinski definition) is 3. The highest BCUT2D eigenvalue weighted by atomic mass is 16.3. The first-order valence-corrected chi connectivity index (χ1v) is 6.73. The van der Waals surface area contributed by atoms with E-state index < -0.39 is 5.60 Å². The zero-order chi connectivity index (χ0) is 13.2. The van der Waals surface area contributed by atoms with Crippen molar-refractivity contribution in [3.8, 4) is 0 Å². The Balaban J connectivity index is 2.16. The summed E-state index contributed by atoms with van der Waals surface area (Å²) in [6.45, 7) is 6.77. The molecule has 0 bridgehead atoms. The van der Waals surface area contributed by atoms with Crippen molar-refractivity contribution in [1.82, 2.24) is 5.32 Å². The van der Waals surface area contributed by atoms with Crippen LogP contribution in [0.15, 0.2) is 18.2 Å². The van der Waals surface area contributed by atoms with Crippen molar-refractivity contribution in [2.45, 2.75) is 38.8 Å². The predicted molar refractivity (Wildman–Crippen MR) is 76.0 cm³/mol. The molecule has 1 aliphatic rings. The van der Waals surface area contributed by atoms with Crippen molar-refractivity contribution in [2.75, 3.05) is 25.0 Å². The summed E-state index contributed by atoms with van der Waals surface area (Å²) in [6, 6.07) is 6.58. The van der Waals surface area contributed by atoms with Crippen molar-refractivity contribution in [3.05, 3.63) is 29.3 Å². The van der Waals surface area contributed by atoms with Gasteiger partial charge >= 0.3 is 0 Å². The fraction of sp³-hybridized carbons (Fsp3) is 0.600. The standard InChI is InChI=1S/C15H24N2O/c1-12-9-14(6-5-13(12)10-16-3)17-8-4-7-15(2,18)11-17/h5-6,9,16,18H,4,7-8,10-11H2,1-3H3. The SMILES string of the molecule is CNCc1ccc(N2CCCC(C)(O)C2)cc1C. The smallest absolute Gasteiger partial charge is 0.0794 e. The first-order chi connectivity index (χ1) is 8.52. The monoisotopic (exact) mass is 248 g/mol. The quantitative estimate of drug-likeness (QED) is 0.859. The number of piperidine rings is 1. The third kappa shape index (κ3) is 3.03. The highest BCUT2D eigenvalue weighted by Crippen LogP contribution is 2.27. The molecule has 0 amide bonds. The van der Waals surface area contributed by atoms with E-state index >= 15 is 0 Å². The Bertz CT molecular complexity index is 415. The summed E-state index contributed by atoms with van der Waals surface area (Å²) in [5.41, 5.74) is 3.33. The lowest BCUT2D eigenvalue weighted by molar-refractivity contribution is 0.0449. The summed E-state index contributed by atoms with van der Waals surface area (Å²) >= 11 is 0. The Labute approximate surface area is 110 Å². The maximum Gasteiger partial charge on any atom is 0.0794 e. The molecule has 1 atom stereocenters. The molecular weight excluding hydrogens is 224 g/mol. The Morgan fingerprint density at radius 3 is 2.83 bits per heavy atom. The number of nitrogens with zero attached hydrogens (tertiary/aromatic N) is 1. The third-order valence-electron chi connectivity index (χ3n) is 3.73. The van der Waals surface area contributed by atoms with E-state index in [1.54, 1.807) is 0 Å². The van der Waals surface area contributed by atoms with E-state index in [0.29, 0.717) is 0 Å². The van der Waals surface area contributed by atoms with Crippen LogP contribution in [0.5, 0.6) is 0 Å². The molecule has 1 fully saturated rings. The van der Waals surface area contributed by atoms with Gasteiger partial charge in [-0.25, -0.2) is 0 Å². The van der Waals surface area contributed by atoms with E-state index in [0.717, 1.165) is 32.5 Å². The molecule has 2 N–H and O–H groups in total. The van der Waals surface area contributed by atoms with Gasteiger partial charge < -0.3 is 15.3 Å². The van der Waals surface area contributed by atoms with Gasteiger partial charge in [0, 0.05) is 25.3 Å². The second-order valence-electron chi connectivity index (χ2n) is 5.66. The number of aliphatic hydroxyl groups is 1. The minimum Gasteiger partial charge on any atom is -0.388 e. The van der Waals surface area contributed by atoms with Crippen LogP contribution in [0, 0.1) is 6.92 Å². The molecule has 0 aliphatic carbocycles. The molecule has 0 aromatic heterocycles. The number of aryl methyl sites for hydroxylation is 1. The summed E-state index contributed by atoms with van der Waals surface area (Å²) in [6.07, 6.45) is 1.96. The van der Waals surface area contributed by atoms with Crippen LogP contribution >= 0.6 is 0 Å². The molecule has 100 valence electrons. The lowest BCUT2D eigenvalue weighted by Gasteiger charge is -2.38. The zero-order valence-electron chi connectivity index (χ0n) is 11.7. The Morgan fingerprint density at radius 1 is 1.44 bits per heavy atom. The van der Waals surface area contributed by atoms with Gasteiger partial charge in [-0.05, 0) is 57.0 Å². The van der Waals surface area contributed by atoms with E-state index in [9.17, 15) is 5.11 Å². The number of rotatable bonds is 3. The van der Waals surface area contributed by atoms with Crippen LogP contribution in [-0.4, -0.2) is 30.8 Å². The van der Waals surface area contributed by atoms with Gasteiger partial charge in [0.1, 0.15) is 0 Å². The lowest BCUT2D eigenvalue weighted by atomic mass is 9.94. The second-order valence-corrected chi connectivity index (χ2v) is 5.66. The Hall–Kier alpha value is -1.06. The molecule has 1 saturated heterocycles.